The molecule has 0 saturated carbocycles. The normalized spacial score (nSPS) is 15.2. The van der Waals surface area contributed by atoms with Crippen LogP contribution in [-0.2, 0) is 4.57 Å². The Kier molecular flexibility index (Phi) is 2.98. The van der Waals surface area contributed by atoms with E-state index in [9.17, 15) is 4.57 Å². The van der Waals surface area contributed by atoms with Crippen LogP contribution >= 0.6 is 7.80 Å². The van der Waals surface area contributed by atoms with Crippen LogP contribution in [0.5, 0.6) is 0 Å². The molecule has 1 aliphatic rings. The summed E-state index contributed by atoms with van der Waals surface area (Å²) in [6, 6.07) is 29.0. The van der Waals surface area contributed by atoms with Crippen molar-refractivity contribution in [2.24, 2.45) is 0 Å². The van der Waals surface area contributed by atoms with E-state index in [0.717, 1.165) is 21.7 Å². The Hall–Kier alpha value is -2.63. The summed E-state index contributed by atoms with van der Waals surface area (Å²) in [6.45, 7) is 0. The molecule has 0 amide bonds. The lowest BCUT2D eigenvalue weighted by atomic mass is 9.91. The van der Waals surface area contributed by atoms with Crippen molar-refractivity contribution in [3.63, 3.8) is 0 Å². The average molecular weight is 326 g/mol. The van der Waals surface area contributed by atoms with Crippen molar-refractivity contribution >= 4 is 29.2 Å². The number of rotatable bonds is 0. The number of hydrogen-bond donors (Lipinski definition) is 0. The Bertz CT molecular complexity index is 1130. The monoisotopic (exact) mass is 326 g/mol. The quantitative estimate of drug-likeness (QED) is 0.366. The van der Waals surface area contributed by atoms with Crippen LogP contribution in [0, 0.1) is 0 Å². The molecule has 0 N–H and O–H groups in total. The molecule has 1 heterocycles. The van der Waals surface area contributed by atoms with Gasteiger partial charge in [-0.25, -0.2) is 0 Å². The first-order valence-corrected chi connectivity index (χ1v) is 9.51. The van der Waals surface area contributed by atoms with Crippen molar-refractivity contribution < 1.29 is 4.57 Å². The minimum Gasteiger partial charge on any atom is -0.317 e. The van der Waals surface area contributed by atoms with E-state index in [1.165, 1.54) is 21.9 Å². The standard InChI is InChI=1S/C22H15OP/c23-24-20-12-6-5-10-18(20)17-9-3-4-11-19(17)22-16-8-2-1-7-15(16)13-14-21(22)24/h1-14,24H. The van der Waals surface area contributed by atoms with Crippen LogP contribution in [0.2, 0.25) is 0 Å². The molecule has 5 rings (SSSR count). The van der Waals surface area contributed by atoms with Gasteiger partial charge in [0.15, 0.2) is 0 Å². The van der Waals surface area contributed by atoms with Gasteiger partial charge in [0.1, 0.15) is 7.80 Å². The minimum absolute atomic E-state index is 0.962. The molecule has 0 bridgehead atoms. The van der Waals surface area contributed by atoms with Crippen LogP contribution in [0.15, 0.2) is 84.9 Å². The fraction of sp³-hybridized carbons (Fsp3) is 0. The van der Waals surface area contributed by atoms with E-state index in [1.54, 1.807) is 0 Å². The molecule has 0 saturated heterocycles. The molecule has 114 valence electrons. The van der Waals surface area contributed by atoms with Crippen LogP contribution in [0.4, 0.5) is 0 Å². The second-order valence-electron chi connectivity index (χ2n) is 6.13. The summed E-state index contributed by atoms with van der Waals surface area (Å²) >= 11 is 0. The fourth-order valence-electron chi connectivity index (χ4n) is 3.75. The average Bonchev–Trinajstić information content (AvgIpc) is 2.76. The molecule has 1 aliphatic heterocycles. The zero-order chi connectivity index (χ0) is 16.1. The van der Waals surface area contributed by atoms with E-state index in [1.807, 2.05) is 18.2 Å². The lowest BCUT2D eigenvalue weighted by molar-refractivity contribution is 0.598. The highest BCUT2D eigenvalue weighted by Crippen LogP contribution is 2.43. The molecule has 24 heavy (non-hydrogen) atoms. The highest BCUT2D eigenvalue weighted by atomic mass is 31.1. The van der Waals surface area contributed by atoms with Gasteiger partial charge in [-0.3, -0.25) is 0 Å². The molecule has 4 aromatic carbocycles. The van der Waals surface area contributed by atoms with E-state index in [4.69, 9.17) is 0 Å². The molecule has 2 heteroatoms. The van der Waals surface area contributed by atoms with Gasteiger partial charge in [-0.1, -0.05) is 84.9 Å². The summed E-state index contributed by atoms with van der Waals surface area (Å²) < 4.78 is 13.4. The summed E-state index contributed by atoms with van der Waals surface area (Å²) in [5, 5.41) is 4.29. The lowest BCUT2D eigenvalue weighted by Gasteiger charge is -2.12. The molecular weight excluding hydrogens is 311 g/mol. The van der Waals surface area contributed by atoms with Gasteiger partial charge in [0.05, 0.1) is 0 Å². The van der Waals surface area contributed by atoms with Crippen molar-refractivity contribution in [2.45, 2.75) is 0 Å². The van der Waals surface area contributed by atoms with Crippen LogP contribution in [0.25, 0.3) is 33.0 Å². The molecule has 0 spiro atoms. The third-order valence-corrected chi connectivity index (χ3v) is 6.66. The topological polar surface area (TPSA) is 17.1 Å². The first-order chi connectivity index (χ1) is 11.8. The maximum atomic E-state index is 13.4. The van der Waals surface area contributed by atoms with Crippen LogP contribution < -0.4 is 10.6 Å². The molecule has 0 aromatic heterocycles. The van der Waals surface area contributed by atoms with Gasteiger partial charge in [0, 0.05) is 16.2 Å². The number of fused-ring (bicyclic) bond motifs is 7. The maximum absolute atomic E-state index is 13.4. The SMILES string of the molecule is O=[PH]1c2ccccc2-c2ccccc2-c2c1ccc1ccccc21. The molecule has 0 aliphatic carbocycles. The number of benzene rings is 4. The molecule has 1 atom stereocenters. The third kappa shape index (κ3) is 1.85. The number of hydrogen-bond acceptors (Lipinski definition) is 1. The molecular formula is C22H15OP. The van der Waals surface area contributed by atoms with E-state index in [-0.39, 0.29) is 0 Å². The maximum Gasteiger partial charge on any atom is 0.133 e. The Morgan fingerprint density at radius 1 is 0.542 bits per heavy atom. The Morgan fingerprint density at radius 3 is 2.08 bits per heavy atom. The van der Waals surface area contributed by atoms with Crippen LogP contribution in [0.1, 0.15) is 0 Å². The van der Waals surface area contributed by atoms with Crippen molar-refractivity contribution in [2.75, 3.05) is 0 Å². The highest BCUT2D eigenvalue weighted by molar-refractivity contribution is 7.62. The molecule has 0 fully saturated rings. The van der Waals surface area contributed by atoms with Crippen molar-refractivity contribution in [3.05, 3.63) is 84.9 Å². The van der Waals surface area contributed by atoms with Gasteiger partial charge in [0.25, 0.3) is 0 Å². The van der Waals surface area contributed by atoms with Gasteiger partial charge in [-0.05, 0) is 27.5 Å². The van der Waals surface area contributed by atoms with E-state index < -0.39 is 7.80 Å². The van der Waals surface area contributed by atoms with Gasteiger partial charge in [0.2, 0.25) is 0 Å². The highest BCUT2D eigenvalue weighted by Gasteiger charge is 2.24. The van der Waals surface area contributed by atoms with Crippen LogP contribution in [0.3, 0.4) is 0 Å². The van der Waals surface area contributed by atoms with Gasteiger partial charge in [-0.2, -0.15) is 0 Å². The largest absolute Gasteiger partial charge is 0.317 e. The predicted octanol–water partition coefficient (Wildman–Crippen LogP) is 5.00. The Morgan fingerprint density at radius 2 is 1.21 bits per heavy atom. The molecule has 1 unspecified atom stereocenters. The first kappa shape index (κ1) is 13.8. The Labute approximate surface area is 141 Å². The summed E-state index contributed by atoms with van der Waals surface area (Å²) in [5.41, 5.74) is 4.57. The Balaban J connectivity index is 2.03. The van der Waals surface area contributed by atoms with E-state index in [0.29, 0.717) is 0 Å². The summed E-state index contributed by atoms with van der Waals surface area (Å²) in [4.78, 5) is 0. The second-order valence-corrected chi connectivity index (χ2v) is 7.87. The first-order valence-electron chi connectivity index (χ1n) is 8.10. The molecule has 0 radical (unpaired) electrons. The smallest absolute Gasteiger partial charge is 0.133 e. The van der Waals surface area contributed by atoms with Gasteiger partial charge < -0.3 is 4.57 Å². The third-order valence-electron chi connectivity index (χ3n) is 4.83. The van der Waals surface area contributed by atoms with Gasteiger partial charge >= 0.3 is 0 Å². The zero-order valence-electron chi connectivity index (χ0n) is 13.0. The van der Waals surface area contributed by atoms with Crippen molar-refractivity contribution in [1.82, 2.24) is 0 Å². The molecule has 4 aromatic rings. The predicted molar refractivity (Wildman–Crippen MR) is 103 cm³/mol. The zero-order valence-corrected chi connectivity index (χ0v) is 14.0. The summed E-state index contributed by atoms with van der Waals surface area (Å²) in [6.07, 6.45) is 0. The fourth-order valence-corrected chi connectivity index (χ4v) is 5.48. The van der Waals surface area contributed by atoms with E-state index in [2.05, 4.69) is 66.7 Å². The second kappa shape index (κ2) is 5.19. The minimum atomic E-state index is -2.05. The van der Waals surface area contributed by atoms with Crippen molar-refractivity contribution in [1.29, 1.82) is 0 Å². The van der Waals surface area contributed by atoms with Crippen molar-refractivity contribution in [3.8, 4) is 22.3 Å². The summed E-state index contributed by atoms with van der Waals surface area (Å²) in [5.74, 6) is 0. The van der Waals surface area contributed by atoms with Crippen LogP contribution in [-0.4, -0.2) is 0 Å². The van der Waals surface area contributed by atoms with E-state index >= 15 is 0 Å². The lowest BCUT2D eigenvalue weighted by Crippen LogP contribution is -2.08. The molecule has 1 nitrogen and oxygen atoms in total. The van der Waals surface area contributed by atoms with Gasteiger partial charge in [-0.15, -0.1) is 0 Å². The summed E-state index contributed by atoms with van der Waals surface area (Å²) in [7, 11) is -2.05.